The van der Waals surface area contributed by atoms with Crippen LogP contribution in [0.1, 0.15) is 70.5 Å². The molecule has 0 aliphatic carbocycles. The number of benzene rings is 2. The number of pyridine rings is 2. The predicted molar refractivity (Wildman–Crippen MR) is 227 cm³/mol. The Morgan fingerprint density at radius 2 is 1.44 bits per heavy atom. The zero-order valence-corrected chi connectivity index (χ0v) is 35.2. The van der Waals surface area contributed by atoms with E-state index >= 15 is 0 Å². The summed E-state index contributed by atoms with van der Waals surface area (Å²) >= 11 is 0. The van der Waals surface area contributed by atoms with E-state index in [2.05, 4.69) is 25.9 Å². The van der Waals surface area contributed by atoms with Gasteiger partial charge in [-0.2, -0.15) is 0 Å². The monoisotopic (exact) mass is 805 g/mol. The van der Waals surface area contributed by atoms with Crippen molar-refractivity contribution in [2.24, 2.45) is 10.8 Å². The van der Waals surface area contributed by atoms with Crippen molar-refractivity contribution in [1.29, 1.82) is 0 Å². The number of aliphatic hydroxyl groups excluding tert-OH is 1. The van der Waals surface area contributed by atoms with Crippen molar-refractivity contribution in [3.8, 4) is 11.3 Å². The summed E-state index contributed by atoms with van der Waals surface area (Å²) in [5.74, 6) is -0.929. The molecule has 0 bridgehead atoms. The van der Waals surface area contributed by atoms with Gasteiger partial charge in [-0.05, 0) is 72.4 Å². The number of nitrogens with zero attached hydrogens (tertiary/aromatic N) is 4. The molecule has 5 N–H and O–H groups in total. The number of carboxylic acid groups (broad SMARTS) is 1. The first kappa shape index (κ1) is 44.3. The van der Waals surface area contributed by atoms with E-state index in [1.807, 2.05) is 119 Å². The van der Waals surface area contributed by atoms with Crippen LogP contribution in [0.25, 0.3) is 11.3 Å². The second-order valence-electron chi connectivity index (χ2n) is 17.6. The normalized spacial score (nSPS) is 15.8. The molecule has 1 aliphatic rings. The van der Waals surface area contributed by atoms with Gasteiger partial charge in [-0.15, -0.1) is 0 Å². The van der Waals surface area contributed by atoms with Crippen LogP contribution in [-0.2, 0) is 29.0 Å². The Kier molecular flexibility index (Phi) is 14.5. The van der Waals surface area contributed by atoms with Crippen LogP contribution in [0.2, 0.25) is 0 Å². The third-order valence-corrected chi connectivity index (χ3v) is 10.6. The first-order valence-electron chi connectivity index (χ1n) is 20.2. The molecule has 5 amide bonds. The van der Waals surface area contributed by atoms with E-state index in [9.17, 15) is 29.4 Å². The van der Waals surface area contributed by atoms with Gasteiger partial charge in [-0.3, -0.25) is 19.6 Å². The minimum Gasteiger partial charge on any atom is -0.465 e. The smallest absolute Gasteiger partial charge is 0.405 e. The number of rotatable bonds is 16. The van der Waals surface area contributed by atoms with Crippen molar-refractivity contribution in [2.75, 3.05) is 13.1 Å². The summed E-state index contributed by atoms with van der Waals surface area (Å²) in [6, 6.07) is 24.9. The highest BCUT2D eigenvalue weighted by Crippen LogP contribution is 2.29. The van der Waals surface area contributed by atoms with Crippen LogP contribution in [0.5, 0.6) is 0 Å². The van der Waals surface area contributed by atoms with Crippen molar-refractivity contribution >= 4 is 23.9 Å². The van der Waals surface area contributed by atoms with Gasteiger partial charge in [-0.25, -0.2) is 9.59 Å². The molecule has 4 aromatic rings. The van der Waals surface area contributed by atoms with Gasteiger partial charge in [0, 0.05) is 36.6 Å². The Morgan fingerprint density at radius 3 is 2.05 bits per heavy atom. The fourth-order valence-corrected chi connectivity index (χ4v) is 7.65. The summed E-state index contributed by atoms with van der Waals surface area (Å²) in [5.41, 5.74) is 3.65. The van der Waals surface area contributed by atoms with E-state index in [-0.39, 0.29) is 18.9 Å². The van der Waals surface area contributed by atoms with Gasteiger partial charge in [0.1, 0.15) is 12.1 Å². The molecule has 2 aromatic heterocycles. The number of hydrogen-bond donors (Lipinski definition) is 5. The molecule has 5 rings (SSSR count). The van der Waals surface area contributed by atoms with Crippen molar-refractivity contribution < 1.29 is 29.4 Å². The summed E-state index contributed by atoms with van der Waals surface area (Å²) in [6.45, 7) is 14.0. The maximum atomic E-state index is 14.6. The molecule has 0 unspecified atom stereocenters. The number of aliphatic hydroxyl groups is 1. The number of hydrogen-bond acceptors (Lipinski definition) is 7. The quantitative estimate of drug-likeness (QED) is 0.0917. The van der Waals surface area contributed by atoms with Gasteiger partial charge < -0.3 is 36.0 Å². The predicted octanol–water partition coefficient (Wildman–Crippen LogP) is 5.99. The van der Waals surface area contributed by atoms with Gasteiger partial charge >= 0.3 is 12.1 Å². The molecule has 0 saturated carbocycles. The number of carbonyl (C=O) groups excluding carboxylic acids is 3. The SMILES string of the molecule is Cc1cccc(CN2CCN([C@H](C(=O)N[C@@H](Cc3ccc(-c4ccccn4)cc3)[C@@H](O)C[C@H](Cc3ccccc3)NC(=O)[C@@H](NC(=O)O)C(C)(C)C)C(C)(C)C)C2=O)n1. The Balaban J connectivity index is 1.43. The van der Waals surface area contributed by atoms with Crippen LogP contribution in [-0.4, -0.2) is 97.3 Å². The van der Waals surface area contributed by atoms with E-state index < -0.39 is 59.0 Å². The highest BCUT2D eigenvalue weighted by Gasteiger charge is 2.44. The minimum absolute atomic E-state index is 0.0294. The number of amides is 5. The standard InChI is InChI=1S/C46H59N7O6/c1-30-14-13-17-34(48-30)29-52-24-25-53(44(52)59)40(46(5,6)7)42(56)50-37(27-32-19-21-33(22-20-32)36-18-11-12-23-47-36)38(54)28-35(26-31-15-9-8-10-16-31)49-41(55)39(45(2,3)4)51-43(57)58/h8-23,35,37-40,51,54H,24-29H2,1-7H3,(H,49,55)(H,50,56)(H,57,58)/t35-,37-,38-,39+,40+/m0/s1. The summed E-state index contributed by atoms with van der Waals surface area (Å²) < 4.78 is 0. The molecule has 1 fully saturated rings. The highest BCUT2D eigenvalue weighted by atomic mass is 16.4. The van der Waals surface area contributed by atoms with Crippen molar-refractivity contribution in [1.82, 2.24) is 35.7 Å². The number of aryl methyl sites for hydroxylation is 1. The average Bonchev–Trinajstić information content (AvgIpc) is 3.51. The second kappa shape index (κ2) is 19.3. The number of aromatic nitrogens is 2. The van der Waals surface area contributed by atoms with E-state index in [0.717, 1.165) is 33.8 Å². The lowest BCUT2D eigenvalue weighted by Gasteiger charge is -2.38. The topological polar surface area (TPSA) is 177 Å². The number of nitrogens with one attached hydrogen (secondary N) is 3. The lowest BCUT2D eigenvalue weighted by molar-refractivity contribution is -0.131. The van der Waals surface area contributed by atoms with Crippen molar-refractivity contribution in [3.63, 3.8) is 0 Å². The first-order chi connectivity index (χ1) is 27.9. The molecule has 1 saturated heterocycles. The van der Waals surface area contributed by atoms with Crippen LogP contribution in [0.3, 0.4) is 0 Å². The Hall–Kier alpha value is -5.82. The van der Waals surface area contributed by atoms with Gasteiger partial charge in [0.2, 0.25) is 11.8 Å². The summed E-state index contributed by atoms with van der Waals surface area (Å²) in [6.07, 6.45) is -0.165. The lowest BCUT2D eigenvalue weighted by atomic mass is 9.84. The van der Waals surface area contributed by atoms with Crippen LogP contribution in [0, 0.1) is 17.8 Å². The maximum absolute atomic E-state index is 14.6. The molecule has 13 nitrogen and oxygen atoms in total. The minimum atomic E-state index is -1.32. The van der Waals surface area contributed by atoms with E-state index in [1.165, 1.54) is 0 Å². The zero-order chi connectivity index (χ0) is 42.9. The Morgan fingerprint density at radius 1 is 0.763 bits per heavy atom. The van der Waals surface area contributed by atoms with Crippen molar-refractivity contribution in [3.05, 3.63) is 120 Å². The van der Waals surface area contributed by atoms with Crippen LogP contribution < -0.4 is 16.0 Å². The highest BCUT2D eigenvalue weighted by molar-refractivity contribution is 5.89. The fraction of sp³-hybridized carbons (Fsp3) is 0.435. The molecule has 59 heavy (non-hydrogen) atoms. The molecular formula is C46H59N7O6. The van der Waals surface area contributed by atoms with E-state index in [0.29, 0.717) is 26.1 Å². The maximum Gasteiger partial charge on any atom is 0.405 e. The lowest BCUT2D eigenvalue weighted by Crippen LogP contribution is -2.59. The Labute approximate surface area is 347 Å². The molecule has 2 aromatic carbocycles. The van der Waals surface area contributed by atoms with E-state index in [4.69, 9.17) is 0 Å². The van der Waals surface area contributed by atoms with Gasteiger partial charge in [-0.1, -0.05) is 108 Å². The third-order valence-electron chi connectivity index (χ3n) is 10.6. The molecule has 1 aliphatic heterocycles. The molecule has 0 spiro atoms. The number of urea groups is 1. The molecule has 5 atom stereocenters. The van der Waals surface area contributed by atoms with Crippen molar-refractivity contribution in [2.45, 2.75) is 105 Å². The van der Waals surface area contributed by atoms with Gasteiger partial charge in [0.25, 0.3) is 0 Å². The first-order valence-corrected chi connectivity index (χ1v) is 20.2. The molecule has 13 heteroatoms. The Bertz CT molecular complexity index is 2030. The molecule has 314 valence electrons. The van der Waals surface area contributed by atoms with Gasteiger partial charge in [0.15, 0.2) is 0 Å². The number of carbonyl (C=O) groups is 4. The summed E-state index contributed by atoms with van der Waals surface area (Å²) in [4.78, 5) is 66.5. The van der Waals surface area contributed by atoms with Gasteiger partial charge in [0.05, 0.1) is 30.1 Å². The summed E-state index contributed by atoms with van der Waals surface area (Å²) in [7, 11) is 0. The third kappa shape index (κ3) is 12.3. The largest absolute Gasteiger partial charge is 0.465 e. The summed E-state index contributed by atoms with van der Waals surface area (Å²) in [5, 5.41) is 30.3. The zero-order valence-electron chi connectivity index (χ0n) is 35.2. The van der Waals surface area contributed by atoms with Crippen LogP contribution >= 0.6 is 0 Å². The van der Waals surface area contributed by atoms with Crippen LogP contribution in [0.15, 0.2) is 97.2 Å². The van der Waals surface area contributed by atoms with E-state index in [1.54, 1.807) is 36.8 Å². The van der Waals surface area contributed by atoms with Crippen LogP contribution in [0.4, 0.5) is 9.59 Å². The molecule has 0 radical (unpaired) electrons. The fourth-order valence-electron chi connectivity index (χ4n) is 7.65. The average molecular weight is 806 g/mol. The second-order valence-corrected chi connectivity index (χ2v) is 17.6. The molecular weight excluding hydrogens is 747 g/mol. The molecule has 3 heterocycles.